The Morgan fingerprint density at radius 3 is 2.67 bits per heavy atom. The molecule has 1 aromatic heterocycles. The van der Waals surface area contributed by atoms with Crippen molar-refractivity contribution in [2.75, 3.05) is 42.6 Å². The number of carbonyl (C=O) groups is 2. The molecule has 1 amide bonds. The van der Waals surface area contributed by atoms with E-state index in [9.17, 15) is 9.59 Å². The smallest absolute Gasteiger partial charge is 0.308 e. The second-order valence-corrected chi connectivity index (χ2v) is 5.08. The van der Waals surface area contributed by atoms with E-state index in [-0.39, 0.29) is 18.9 Å². The summed E-state index contributed by atoms with van der Waals surface area (Å²) < 4.78 is 5.29. The monoisotopic (exact) mass is 292 g/mol. The Balaban J connectivity index is 1.79. The van der Waals surface area contributed by atoms with Gasteiger partial charge in [0.05, 0.1) is 19.1 Å². The van der Waals surface area contributed by atoms with Crippen molar-refractivity contribution in [3.05, 3.63) is 12.4 Å². The van der Waals surface area contributed by atoms with Crippen LogP contribution in [0.15, 0.2) is 12.4 Å². The fourth-order valence-electron chi connectivity index (χ4n) is 2.54. The first-order valence-electron chi connectivity index (χ1n) is 6.83. The third-order valence-electron chi connectivity index (χ3n) is 3.72. The lowest BCUT2D eigenvalue weighted by molar-refractivity contribution is -0.141. The highest BCUT2D eigenvalue weighted by molar-refractivity contribution is 5.98. The minimum absolute atomic E-state index is 0.0201. The number of aliphatic carboxylic acids is 1. The van der Waals surface area contributed by atoms with Crippen LogP contribution in [0.5, 0.6) is 0 Å². The van der Waals surface area contributed by atoms with Gasteiger partial charge in [0, 0.05) is 32.1 Å². The van der Waals surface area contributed by atoms with Gasteiger partial charge in [-0.15, -0.1) is 0 Å². The van der Waals surface area contributed by atoms with Gasteiger partial charge in [-0.05, 0) is 0 Å². The van der Waals surface area contributed by atoms with Crippen LogP contribution < -0.4 is 9.80 Å². The van der Waals surface area contributed by atoms with E-state index >= 15 is 0 Å². The third-order valence-corrected chi connectivity index (χ3v) is 3.72. The van der Waals surface area contributed by atoms with Crippen LogP contribution in [0.2, 0.25) is 0 Å². The molecule has 21 heavy (non-hydrogen) atoms. The number of hydrogen-bond acceptors (Lipinski definition) is 6. The molecule has 1 aromatic rings. The summed E-state index contributed by atoms with van der Waals surface area (Å²) in [5.41, 5.74) is 0. The molecule has 112 valence electrons. The maximum atomic E-state index is 11.9. The number of carboxylic acids is 1. The normalized spacial score (nSPS) is 22.7. The summed E-state index contributed by atoms with van der Waals surface area (Å²) in [5.74, 6) is -0.642. The summed E-state index contributed by atoms with van der Waals surface area (Å²) in [6.45, 7) is 2.92. The van der Waals surface area contributed by atoms with E-state index < -0.39 is 11.9 Å². The molecule has 8 heteroatoms. The quantitative estimate of drug-likeness (QED) is 0.820. The molecule has 0 saturated carbocycles. The highest BCUT2D eigenvalue weighted by atomic mass is 16.5. The molecule has 0 radical (unpaired) electrons. The Bertz CT molecular complexity index is 559. The van der Waals surface area contributed by atoms with E-state index in [1.807, 2.05) is 0 Å². The molecule has 2 aliphatic heterocycles. The minimum atomic E-state index is -0.951. The molecule has 3 heterocycles. The van der Waals surface area contributed by atoms with Crippen LogP contribution >= 0.6 is 0 Å². The van der Waals surface area contributed by atoms with Crippen LogP contribution in [0.25, 0.3) is 0 Å². The Hall–Kier alpha value is -2.22. The first-order valence-corrected chi connectivity index (χ1v) is 6.83. The maximum Gasteiger partial charge on any atom is 0.308 e. The van der Waals surface area contributed by atoms with Crippen molar-refractivity contribution in [1.29, 1.82) is 0 Å². The average Bonchev–Trinajstić information content (AvgIpc) is 2.91. The SMILES string of the molecule is O=C(O)C1CC(=O)N(c2cc(N3CCOCC3)ncn2)C1. The lowest BCUT2D eigenvalue weighted by Gasteiger charge is -2.28. The van der Waals surface area contributed by atoms with Crippen LogP contribution in [0.1, 0.15) is 6.42 Å². The zero-order chi connectivity index (χ0) is 14.8. The van der Waals surface area contributed by atoms with Gasteiger partial charge in [-0.1, -0.05) is 0 Å². The minimum Gasteiger partial charge on any atom is -0.481 e. The lowest BCUT2D eigenvalue weighted by Crippen LogP contribution is -2.37. The Kier molecular flexibility index (Phi) is 3.70. The molecule has 0 bridgehead atoms. The predicted octanol–water partition coefficient (Wildman–Crippen LogP) is -0.249. The lowest BCUT2D eigenvalue weighted by atomic mass is 10.1. The average molecular weight is 292 g/mol. The molecule has 2 saturated heterocycles. The first kappa shape index (κ1) is 13.7. The Morgan fingerprint density at radius 2 is 2.00 bits per heavy atom. The molecule has 0 spiro atoms. The largest absolute Gasteiger partial charge is 0.481 e. The Labute approximate surface area is 121 Å². The van der Waals surface area contributed by atoms with Gasteiger partial charge < -0.3 is 14.7 Å². The number of aromatic nitrogens is 2. The molecule has 1 atom stereocenters. The summed E-state index contributed by atoms with van der Waals surface area (Å²) in [6, 6.07) is 1.73. The molecule has 8 nitrogen and oxygen atoms in total. The number of amides is 1. The molecule has 3 rings (SSSR count). The van der Waals surface area contributed by atoms with Gasteiger partial charge in [0.25, 0.3) is 0 Å². The van der Waals surface area contributed by atoms with Gasteiger partial charge in [-0.3, -0.25) is 14.5 Å². The van der Waals surface area contributed by atoms with E-state index in [4.69, 9.17) is 9.84 Å². The molecule has 0 aliphatic carbocycles. The van der Waals surface area contributed by atoms with E-state index in [2.05, 4.69) is 14.9 Å². The molecule has 0 aromatic carbocycles. The molecule has 2 aliphatic rings. The van der Waals surface area contributed by atoms with Crippen molar-refractivity contribution < 1.29 is 19.4 Å². The molecular formula is C13H16N4O4. The number of rotatable bonds is 3. The zero-order valence-electron chi connectivity index (χ0n) is 11.4. The van der Waals surface area contributed by atoms with Crippen molar-refractivity contribution in [2.45, 2.75) is 6.42 Å². The summed E-state index contributed by atoms with van der Waals surface area (Å²) in [5, 5.41) is 9.02. The maximum absolute atomic E-state index is 11.9. The van der Waals surface area contributed by atoms with Gasteiger partial charge in [-0.2, -0.15) is 0 Å². The number of nitrogens with zero attached hydrogens (tertiary/aromatic N) is 4. The first-order chi connectivity index (χ1) is 10.1. The highest BCUT2D eigenvalue weighted by Crippen LogP contribution is 2.25. The fourth-order valence-corrected chi connectivity index (χ4v) is 2.54. The number of anilines is 2. The number of morpholine rings is 1. The summed E-state index contributed by atoms with van der Waals surface area (Å²) in [6.07, 6.45) is 1.42. The number of carbonyl (C=O) groups excluding carboxylic acids is 1. The van der Waals surface area contributed by atoms with Crippen LogP contribution in [0.3, 0.4) is 0 Å². The number of carboxylic acid groups (broad SMARTS) is 1. The second-order valence-electron chi connectivity index (χ2n) is 5.08. The van der Waals surface area contributed by atoms with Gasteiger partial charge >= 0.3 is 5.97 Å². The van der Waals surface area contributed by atoms with Crippen molar-refractivity contribution in [3.63, 3.8) is 0 Å². The van der Waals surface area contributed by atoms with Crippen molar-refractivity contribution in [1.82, 2.24) is 9.97 Å². The van der Waals surface area contributed by atoms with Crippen LogP contribution in [0, 0.1) is 5.92 Å². The fraction of sp³-hybridized carbons (Fsp3) is 0.538. The predicted molar refractivity (Wildman–Crippen MR) is 73.2 cm³/mol. The molecule has 2 fully saturated rings. The standard InChI is InChI=1S/C13H16N4O4/c18-12-5-9(13(19)20)7-17(12)11-6-10(14-8-15-11)16-1-3-21-4-2-16/h6,8-9H,1-5,7H2,(H,19,20). The summed E-state index contributed by atoms with van der Waals surface area (Å²) in [4.78, 5) is 34.8. The van der Waals surface area contributed by atoms with E-state index in [0.29, 0.717) is 19.0 Å². The van der Waals surface area contributed by atoms with E-state index in [1.165, 1.54) is 11.2 Å². The number of ether oxygens (including phenoxy) is 1. The third kappa shape index (κ3) is 2.80. The zero-order valence-corrected chi connectivity index (χ0v) is 11.4. The van der Waals surface area contributed by atoms with Crippen molar-refractivity contribution in [2.24, 2.45) is 5.92 Å². The summed E-state index contributed by atoms with van der Waals surface area (Å²) in [7, 11) is 0. The van der Waals surface area contributed by atoms with E-state index in [1.54, 1.807) is 6.07 Å². The topological polar surface area (TPSA) is 95.9 Å². The highest BCUT2D eigenvalue weighted by Gasteiger charge is 2.36. The molecule has 1 N–H and O–H groups in total. The number of hydrogen-bond donors (Lipinski definition) is 1. The molecular weight excluding hydrogens is 276 g/mol. The second kappa shape index (κ2) is 5.65. The van der Waals surface area contributed by atoms with Gasteiger partial charge in [0.2, 0.25) is 5.91 Å². The van der Waals surface area contributed by atoms with E-state index in [0.717, 1.165) is 18.9 Å². The van der Waals surface area contributed by atoms with Crippen molar-refractivity contribution in [3.8, 4) is 0 Å². The van der Waals surface area contributed by atoms with Gasteiger partial charge in [0.1, 0.15) is 18.0 Å². The van der Waals surface area contributed by atoms with Crippen molar-refractivity contribution >= 4 is 23.5 Å². The van der Waals surface area contributed by atoms with Crippen LogP contribution in [-0.2, 0) is 14.3 Å². The summed E-state index contributed by atoms with van der Waals surface area (Å²) >= 11 is 0. The van der Waals surface area contributed by atoms with Gasteiger partial charge in [-0.25, -0.2) is 9.97 Å². The molecule has 1 unspecified atom stereocenters. The van der Waals surface area contributed by atoms with Crippen LogP contribution in [-0.4, -0.2) is 59.8 Å². The van der Waals surface area contributed by atoms with Gasteiger partial charge in [0.15, 0.2) is 0 Å². The van der Waals surface area contributed by atoms with Crippen LogP contribution in [0.4, 0.5) is 11.6 Å². The Morgan fingerprint density at radius 1 is 1.29 bits per heavy atom.